The lowest BCUT2D eigenvalue weighted by molar-refractivity contribution is 0.134. The zero-order chi connectivity index (χ0) is 19.6. The zero-order valence-electron chi connectivity index (χ0n) is 16.0. The average molecular weight is 397 g/mol. The fourth-order valence-corrected chi connectivity index (χ4v) is 2.98. The van der Waals surface area contributed by atoms with Gasteiger partial charge in [-0.25, -0.2) is 0 Å². The van der Waals surface area contributed by atoms with Gasteiger partial charge in [0.15, 0.2) is 0 Å². The monoisotopic (exact) mass is 396 g/mol. The van der Waals surface area contributed by atoms with Crippen LogP contribution in [0, 0.1) is 0 Å². The molecule has 2 aromatic carbocycles. The molecule has 0 atom stereocenters. The maximum atomic E-state index is 6.18. The summed E-state index contributed by atoms with van der Waals surface area (Å²) in [5, 5.41) is 4.16. The predicted molar refractivity (Wildman–Crippen MR) is 112 cm³/mol. The molecule has 0 bridgehead atoms. The predicted octanol–water partition coefficient (Wildman–Crippen LogP) is 5.14. The molecule has 0 spiro atoms. The summed E-state index contributed by atoms with van der Waals surface area (Å²) in [6.45, 7) is 5.30. The lowest BCUT2D eigenvalue weighted by atomic mass is 10.1. The molecule has 1 heterocycles. The summed E-state index contributed by atoms with van der Waals surface area (Å²) < 4.78 is 11.4. The van der Waals surface area contributed by atoms with Gasteiger partial charge in [0, 0.05) is 48.2 Å². The first kappa shape index (κ1) is 20.3. The molecule has 3 aromatic rings. The lowest BCUT2D eigenvalue weighted by Gasteiger charge is -2.13. The van der Waals surface area contributed by atoms with Crippen LogP contribution in [0.3, 0.4) is 0 Å². The molecule has 28 heavy (non-hydrogen) atoms. The fraction of sp³-hybridized carbons (Fsp3) is 0.261. The van der Waals surface area contributed by atoms with Crippen molar-refractivity contribution in [2.75, 3.05) is 6.61 Å². The summed E-state index contributed by atoms with van der Waals surface area (Å²) in [5.41, 5.74) is 4.47. The van der Waals surface area contributed by atoms with Crippen LogP contribution in [0.25, 0.3) is 0 Å². The van der Waals surface area contributed by atoms with Crippen LogP contribution in [0.2, 0.25) is 5.02 Å². The number of nitrogens with zero attached hydrogens (tertiary/aromatic N) is 1. The maximum absolute atomic E-state index is 6.18. The van der Waals surface area contributed by atoms with Crippen LogP contribution in [0.15, 0.2) is 67.0 Å². The Balaban J connectivity index is 1.55. The first-order chi connectivity index (χ1) is 13.7. The van der Waals surface area contributed by atoms with E-state index in [0.29, 0.717) is 24.8 Å². The molecule has 0 aliphatic carbocycles. The first-order valence-electron chi connectivity index (χ1n) is 9.41. The minimum Gasteiger partial charge on any atom is -0.489 e. The lowest BCUT2D eigenvalue weighted by Crippen LogP contribution is -2.13. The molecule has 0 aliphatic rings. The zero-order valence-corrected chi connectivity index (χ0v) is 16.8. The van der Waals surface area contributed by atoms with Crippen molar-refractivity contribution in [3.8, 4) is 5.75 Å². The van der Waals surface area contributed by atoms with Gasteiger partial charge in [-0.2, -0.15) is 0 Å². The van der Waals surface area contributed by atoms with Gasteiger partial charge >= 0.3 is 0 Å². The Morgan fingerprint density at radius 3 is 2.50 bits per heavy atom. The van der Waals surface area contributed by atoms with Gasteiger partial charge in [-0.3, -0.25) is 4.98 Å². The van der Waals surface area contributed by atoms with E-state index < -0.39 is 0 Å². The van der Waals surface area contributed by atoms with Crippen LogP contribution >= 0.6 is 11.6 Å². The Kier molecular flexibility index (Phi) is 7.85. The van der Waals surface area contributed by atoms with E-state index in [-0.39, 0.29) is 0 Å². The van der Waals surface area contributed by atoms with Gasteiger partial charge < -0.3 is 14.8 Å². The van der Waals surface area contributed by atoms with E-state index in [1.165, 1.54) is 11.1 Å². The third kappa shape index (κ3) is 6.34. The van der Waals surface area contributed by atoms with Crippen LogP contribution in [0.1, 0.15) is 29.2 Å². The van der Waals surface area contributed by atoms with Gasteiger partial charge in [0.05, 0.1) is 6.61 Å². The summed E-state index contributed by atoms with van der Waals surface area (Å²) in [4.78, 5) is 4.12. The Hall–Kier alpha value is -2.40. The van der Waals surface area contributed by atoms with Crippen molar-refractivity contribution < 1.29 is 9.47 Å². The summed E-state index contributed by atoms with van der Waals surface area (Å²) in [7, 11) is 0. The van der Waals surface area contributed by atoms with Crippen LogP contribution < -0.4 is 10.1 Å². The molecule has 1 N–H and O–H groups in total. The molecule has 3 rings (SSSR count). The standard InChI is InChI=1S/C23H25ClN2O2/c1-2-27-16-19-7-5-18(6-8-19)13-26-15-21-12-22(24)9-10-23(21)28-17-20-4-3-11-25-14-20/h3-12,14,26H,2,13,15-17H2,1H3. The Morgan fingerprint density at radius 2 is 1.75 bits per heavy atom. The van der Waals surface area contributed by atoms with Crippen LogP contribution in [-0.4, -0.2) is 11.6 Å². The highest BCUT2D eigenvalue weighted by molar-refractivity contribution is 6.30. The summed E-state index contributed by atoms with van der Waals surface area (Å²) >= 11 is 6.18. The highest BCUT2D eigenvalue weighted by atomic mass is 35.5. The van der Waals surface area contributed by atoms with E-state index in [1.807, 2.05) is 43.5 Å². The van der Waals surface area contributed by atoms with Crippen LogP contribution in [-0.2, 0) is 31.0 Å². The van der Waals surface area contributed by atoms with Gasteiger partial charge in [-0.05, 0) is 42.3 Å². The number of rotatable bonds is 10. The topological polar surface area (TPSA) is 43.4 Å². The molecule has 0 saturated carbocycles. The van der Waals surface area contributed by atoms with Crippen molar-refractivity contribution in [2.45, 2.75) is 33.2 Å². The number of pyridine rings is 1. The Morgan fingerprint density at radius 1 is 0.929 bits per heavy atom. The highest BCUT2D eigenvalue weighted by Gasteiger charge is 2.06. The Labute approximate surface area is 171 Å². The third-order valence-electron chi connectivity index (χ3n) is 4.28. The van der Waals surface area contributed by atoms with E-state index >= 15 is 0 Å². The number of ether oxygens (including phenoxy) is 2. The molecule has 1 aromatic heterocycles. The fourth-order valence-electron chi connectivity index (χ4n) is 2.79. The Bertz CT molecular complexity index is 854. The number of hydrogen-bond acceptors (Lipinski definition) is 4. The molecule has 0 radical (unpaired) electrons. The molecule has 0 saturated heterocycles. The minimum absolute atomic E-state index is 0.476. The van der Waals surface area contributed by atoms with Crippen molar-refractivity contribution in [1.29, 1.82) is 0 Å². The second-order valence-corrected chi connectivity index (χ2v) is 6.90. The van der Waals surface area contributed by atoms with Crippen molar-refractivity contribution >= 4 is 11.6 Å². The molecule has 146 valence electrons. The number of nitrogens with one attached hydrogen (secondary N) is 1. The highest BCUT2D eigenvalue weighted by Crippen LogP contribution is 2.24. The van der Waals surface area contributed by atoms with E-state index in [0.717, 1.165) is 30.0 Å². The molecule has 0 aliphatic heterocycles. The summed E-state index contributed by atoms with van der Waals surface area (Å²) in [6.07, 6.45) is 3.56. The maximum Gasteiger partial charge on any atom is 0.124 e. The van der Waals surface area contributed by atoms with Crippen molar-refractivity contribution in [2.24, 2.45) is 0 Å². The van der Waals surface area contributed by atoms with E-state index in [4.69, 9.17) is 21.1 Å². The minimum atomic E-state index is 0.476. The normalized spacial score (nSPS) is 10.8. The van der Waals surface area contributed by atoms with E-state index in [1.54, 1.807) is 6.20 Å². The van der Waals surface area contributed by atoms with Gasteiger partial charge in [-0.1, -0.05) is 41.9 Å². The molecule has 0 amide bonds. The van der Waals surface area contributed by atoms with Crippen LogP contribution in [0.5, 0.6) is 5.75 Å². The number of aromatic nitrogens is 1. The van der Waals surface area contributed by atoms with Crippen molar-refractivity contribution in [3.63, 3.8) is 0 Å². The third-order valence-corrected chi connectivity index (χ3v) is 4.52. The second-order valence-electron chi connectivity index (χ2n) is 6.46. The number of hydrogen-bond donors (Lipinski definition) is 1. The van der Waals surface area contributed by atoms with Gasteiger partial charge in [-0.15, -0.1) is 0 Å². The quantitative estimate of drug-likeness (QED) is 0.515. The molecular formula is C23H25ClN2O2. The SMILES string of the molecule is CCOCc1ccc(CNCc2cc(Cl)ccc2OCc2cccnc2)cc1. The van der Waals surface area contributed by atoms with Crippen LogP contribution in [0.4, 0.5) is 0 Å². The molecule has 5 heteroatoms. The first-order valence-corrected chi connectivity index (χ1v) is 9.79. The van der Waals surface area contributed by atoms with E-state index in [9.17, 15) is 0 Å². The van der Waals surface area contributed by atoms with Gasteiger partial charge in [0.2, 0.25) is 0 Å². The molecular weight excluding hydrogens is 372 g/mol. The second kappa shape index (κ2) is 10.8. The largest absolute Gasteiger partial charge is 0.489 e. The average Bonchev–Trinajstić information content (AvgIpc) is 2.73. The van der Waals surface area contributed by atoms with Gasteiger partial charge in [0.25, 0.3) is 0 Å². The van der Waals surface area contributed by atoms with Crippen molar-refractivity contribution in [1.82, 2.24) is 10.3 Å². The number of benzene rings is 2. The molecule has 0 fully saturated rings. The molecule has 0 unspecified atom stereocenters. The summed E-state index contributed by atoms with van der Waals surface area (Å²) in [6, 6.07) is 18.1. The van der Waals surface area contributed by atoms with Crippen molar-refractivity contribution in [3.05, 3.63) is 94.3 Å². The molecule has 4 nitrogen and oxygen atoms in total. The summed E-state index contributed by atoms with van der Waals surface area (Å²) in [5.74, 6) is 0.827. The number of halogens is 1. The smallest absolute Gasteiger partial charge is 0.124 e. The van der Waals surface area contributed by atoms with E-state index in [2.05, 4.69) is 34.6 Å². The van der Waals surface area contributed by atoms with Gasteiger partial charge in [0.1, 0.15) is 12.4 Å².